The number of aryl methyl sites for hydroxylation is 1. The van der Waals surface area contributed by atoms with Crippen molar-refractivity contribution in [1.82, 2.24) is 10.3 Å². The number of nitrogens with one attached hydrogen (secondary N) is 1. The molecule has 19 heavy (non-hydrogen) atoms. The highest BCUT2D eigenvalue weighted by Crippen LogP contribution is 2.14. The van der Waals surface area contributed by atoms with Gasteiger partial charge in [-0.25, -0.2) is 0 Å². The van der Waals surface area contributed by atoms with E-state index in [1.807, 2.05) is 24.3 Å². The first-order valence-electron chi connectivity index (χ1n) is 6.44. The highest BCUT2D eigenvalue weighted by molar-refractivity contribution is 5.28. The van der Waals surface area contributed by atoms with Crippen molar-refractivity contribution in [2.45, 2.75) is 25.9 Å². The van der Waals surface area contributed by atoms with Crippen LogP contribution in [0.2, 0.25) is 0 Å². The lowest BCUT2D eigenvalue weighted by atomic mass is 10.0. The Bertz CT molecular complexity index is 540. The molecule has 0 aliphatic rings. The second-order valence-corrected chi connectivity index (χ2v) is 4.39. The third-order valence-corrected chi connectivity index (χ3v) is 3.11. The number of nitrogens with zero attached hydrogens (tertiary/aromatic N) is 2. The van der Waals surface area contributed by atoms with Crippen LogP contribution in [0.1, 0.15) is 29.7 Å². The molecule has 0 radical (unpaired) electrons. The number of benzene rings is 1. The van der Waals surface area contributed by atoms with E-state index in [-0.39, 0.29) is 6.04 Å². The van der Waals surface area contributed by atoms with Crippen molar-refractivity contribution in [3.8, 4) is 6.07 Å². The average molecular weight is 251 g/mol. The van der Waals surface area contributed by atoms with Gasteiger partial charge >= 0.3 is 0 Å². The fourth-order valence-electron chi connectivity index (χ4n) is 1.90. The van der Waals surface area contributed by atoms with Crippen LogP contribution in [0, 0.1) is 11.3 Å². The van der Waals surface area contributed by atoms with E-state index in [9.17, 15) is 5.26 Å². The fourth-order valence-corrected chi connectivity index (χ4v) is 1.90. The maximum Gasteiger partial charge on any atom is 0.121 e. The largest absolute Gasteiger partial charge is 0.294 e. The van der Waals surface area contributed by atoms with Crippen LogP contribution in [0.15, 0.2) is 48.8 Å². The van der Waals surface area contributed by atoms with E-state index >= 15 is 0 Å². The van der Waals surface area contributed by atoms with E-state index in [1.165, 1.54) is 5.56 Å². The predicted octanol–water partition coefficient (Wildman–Crippen LogP) is 3.00. The number of aromatic nitrogens is 1. The van der Waals surface area contributed by atoms with Crippen LogP contribution >= 0.6 is 0 Å². The Balaban J connectivity index is 2.02. The molecule has 1 aromatic heterocycles. The second-order valence-electron chi connectivity index (χ2n) is 4.39. The van der Waals surface area contributed by atoms with Crippen LogP contribution < -0.4 is 5.32 Å². The number of nitriles is 1. The van der Waals surface area contributed by atoms with Crippen molar-refractivity contribution < 1.29 is 0 Å². The molecule has 1 N–H and O–H groups in total. The van der Waals surface area contributed by atoms with Gasteiger partial charge in [0.1, 0.15) is 6.04 Å². The van der Waals surface area contributed by atoms with Gasteiger partial charge < -0.3 is 0 Å². The van der Waals surface area contributed by atoms with Crippen LogP contribution in [0.4, 0.5) is 0 Å². The van der Waals surface area contributed by atoms with Crippen LogP contribution in [0.25, 0.3) is 0 Å². The van der Waals surface area contributed by atoms with Crippen molar-refractivity contribution >= 4 is 0 Å². The van der Waals surface area contributed by atoms with Gasteiger partial charge in [0, 0.05) is 18.9 Å². The molecule has 1 atom stereocenters. The zero-order chi connectivity index (χ0) is 13.5. The normalized spacial score (nSPS) is 11.8. The van der Waals surface area contributed by atoms with Gasteiger partial charge in [-0.05, 0) is 35.2 Å². The van der Waals surface area contributed by atoms with E-state index < -0.39 is 0 Å². The molecule has 1 unspecified atom stereocenters. The Morgan fingerprint density at radius 2 is 1.79 bits per heavy atom. The molecule has 0 spiro atoms. The molecule has 0 saturated carbocycles. The van der Waals surface area contributed by atoms with Gasteiger partial charge in [-0.15, -0.1) is 0 Å². The highest BCUT2D eigenvalue weighted by Gasteiger charge is 2.09. The summed E-state index contributed by atoms with van der Waals surface area (Å²) >= 11 is 0. The maximum absolute atomic E-state index is 9.26. The molecule has 0 fully saturated rings. The number of hydrogen-bond donors (Lipinski definition) is 1. The monoisotopic (exact) mass is 251 g/mol. The Morgan fingerprint density at radius 3 is 2.37 bits per heavy atom. The van der Waals surface area contributed by atoms with E-state index in [0.29, 0.717) is 6.54 Å². The molecule has 0 saturated heterocycles. The lowest BCUT2D eigenvalue weighted by Gasteiger charge is -2.12. The van der Waals surface area contributed by atoms with Gasteiger partial charge in [0.15, 0.2) is 0 Å². The van der Waals surface area contributed by atoms with E-state index in [4.69, 9.17) is 0 Å². The molecule has 0 bridgehead atoms. The van der Waals surface area contributed by atoms with E-state index in [0.717, 1.165) is 17.5 Å². The molecule has 3 heteroatoms. The Kier molecular flexibility index (Phi) is 4.66. The van der Waals surface area contributed by atoms with Gasteiger partial charge in [0.25, 0.3) is 0 Å². The van der Waals surface area contributed by atoms with E-state index in [1.54, 1.807) is 12.4 Å². The third-order valence-electron chi connectivity index (χ3n) is 3.11. The second kappa shape index (κ2) is 6.67. The maximum atomic E-state index is 9.26. The average Bonchev–Trinajstić information content (AvgIpc) is 2.49. The number of rotatable bonds is 5. The minimum absolute atomic E-state index is 0.279. The van der Waals surface area contributed by atoms with Crippen molar-refractivity contribution in [3.63, 3.8) is 0 Å². The van der Waals surface area contributed by atoms with Gasteiger partial charge in [0.05, 0.1) is 6.07 Å². The minimum atomic E-state index is -0.279. The summed E-state index contributed by atoms with van der Waals surface area (Å²) in [5.74, 6) is 0. The topological polar surface area (TPSA) is 48.7 Å². The summed E-state index contributed by atoms with van der Waals surface area (Å²) in [5.41, 5.74) is 3.42. The van der Waals surface area contributed by atoms with Crippen molar-refractivity contribution in [2.24, 2.45) is 0 Å². The summed E-state index contributed by atoms with van der Waals surface area (Å²) < 4.78 is 0. The van der Waals surface area contributed by atoms with Crippen LogP contribution in [-0.2, 0) is 13.0 Å². The van der Waals surface area contributed by atoms with Gasteiger partial charge in [-0.3, -0.25) is 10.3 Å². The summed E-state index contributed by atoms with van der Waals surface area (Å²) in [4.78, 5) is 3.98. The first-order valence-corrected chi connectivity index (χ1v) is 6.44. The number of pyridine rings is 1. The molecule has 2 rings (SSSR count). The molecule has 96 valence electrons. The molecular weight excluding hydrogens is 234 g/mol. The first kappa shape index (κ1) is 13.3. The molecule has 0 amide bonds. The van der Waals surface area contributed by atoms with Crippen LogP contribution in [0.3, 0.4) is 0 Å². The Labute approximate surface area is 113 Å². The molecule has 0 aliphatic carbocycles. The van der Waals surface area contributed by atoms with Gasteiger partial charge in [0.2, 0.25) is 0 Å². The summed E-state index contributed by atoms with van der Waals surface area (Å²) in [6, 6.07) is 14.1. The fraction of sp³-hybridized carbons (Fsp3) is 0.250. The number of hydrogen-bond acceptors (Lipinski definition) is 3. The first-order chi connectivity index (χ1) is 9.33. The lowest BCUT2D eigenvalue weighted by molar-refractivity contribution is 0.630. The zero-order valence-corrected chi connectivity index (χ0v) is 11.0. The summed E-state index contributed by atoms with van der Waals surface area (Å²) in [7, 11) is 0. The lowest BCUT2D eigenvalue weighted by Crippen LogP contribution is -2.19. The summed E-state index contributed by atoms with van der Waals surface area (Å²) in [6.07, 6.45) is 4.53. The van der Waals surface area contributed by atoms with Gasteiger partial charge in [-0.2, -0.15) is 5.26 Å². The standard InChI is InChI=1S/C16H17N3/c1-2-13-3-5-15(6-4-13)16(11-17)19-12-14-7-9-18-10-8-14/h3-10,16,19H,2,12H2,1H3. The van der Waals surface area contributed by atoms with E-state index in [2.05, 4.69) is 35.4 Å². The molecule has 3 nitrogen and oxygen atoms in total. The third kappa shape index (κ3) is 3.64. The predicted molar refractivity (Wildman–Crippen MR) is 75.3 cm³/mol. The van der Waals surface area contributed by atoms with Crippen LogP contribution in [0.5, 0.6) is 0 Å². The minimum Gasteiger partial charge on any atom is -0.294 e. The smallest absolute Gasteiger partial charge is 0.121 e. The quantitative estimate of drug-likeness (QED) is 0.888. The Hall–Kier alpha value is -2.18. The molecule has 0 aliphatic heterocycles. The molecule has 1 aromatic carbocycles. The molecular formula is C16H17N3. The zero-order valence-electron chi connectivity index (χ0n) is 11.0. The highest BCUT2D eigenvalue weighted by atomic mass is 14.9. The molecule has 2 aromatic rings. The van der Waals surface area contributed by atoms with Crippen molar-refractivity contribution in [2.75, 3.05) is 0 Å². The van der Waals surface area contributed by atoms with Crippen LogP contribution in [-0.4, -0.2) is 4.98 Å². The van der Waals surface area contributed by atoms with Gasteiger partial charge in [-0.1, -0.05) is 31.2 Å². The molecule has 1 heterocycles. The van der Waals surface area contributed by atoms with Crippen molar-refractivity contribution in [1.29, 1.82) is 5.26 Å². The summed E-state index contributed by atoms with van der Waals surface area (Å²) in [6.45, 7) is 2.79. The van der Waals surface area contributed by atoms with Crippen molar-refractivity contribution in [3.05, 3.63) is 65.5 Å². The SMILES string of the molecule is CCc1ccc(C(C#N)NCc2ccncc2)cc1. The Morgan fingerprint density at radius 1 is 1.11 bits per heavy atom. The summed E-state index contributed by atoms with van der Waals surface area (Å²) in [5, 5.41) is 12.5.